The number of unbranched alkanes of at least 4 members (excludes halogenated alkanes) is 28. The number of aliphatic hydroxyl groups is 8. The molecule has 0 aromatic heterocycles. The Labute approximate surface area is 485 Å². The minimum absolute atomic E-state index is 0.244. The van der Waals surface area contributed by atoms with E-state index in [1.807, 2.05) is 6.08 Å². The third kappa shape index (κ3) is 35.5. The third-order valence-corrected chi connectivity index (χ3v) is 15.4. The Kier molecular flexibility index (Phi) is 46.8. The zero-order valence-corrected chi connectivity index (χ0v) is 50.1. The molecular formula is C66H117NO13. The Bertz CT molecular complexity index is 1620. The van der Waals surface area contributed by atoms with E-state index in [1.54, 1.807) is 6.08 Å². The molecule has 2 rings (SSSR count). The van der Waals surface area contributed by atoms with Crippen LogP contribution in [0.1, 0.15) is 245 Å². The number of carbonyl (C=O) groups is 1. The predicted molar refractivity (Wildman–Crippen MR) is 323 cm³/mol. The number of rotatable bonds is 51. The van der Waals surface area contributed by atoms with Gasteiger partial charge in [0.15, 0.2) is 12.6 Å². The van der Waals surface area contributed by atoms with E-state index in [1.165, 1.54) is 141 Å². The largest absolute Gasteiger partial charge is 0.394 e. The van der Waals surface area contributed by atoms with Crippen molar-refractivity contribution in [2.24, 2.45) is 0 Å². The first kappa shape index (κ1) is 73.5. The topological polar surface area (TPSA) is 228 Å². The van der Waals surface area contributed by atoms with E-state index in [-0.39, 0.29) is 18.9 Å². The van der Waals surface area contributed by atoms with Crippen LogP contribution in [0.2, 0.25) is 0 Å². The quantitative estimate of drug-likeness (QED) is 0.0204. The summed E-state index contributed by atoms with van der Waals surface area (Å²) in [4.78, 5) is 13.3. The van der Waals surface area contributed by atoms with Gasteiger partial charge in [-0.1, -0.05) is 247 Å². The fourth-order valence-corrected chi connectivity index (χ4v) is 10.3. The van der Waals surface area contributed by atoms with Gasteiger partial charge >= 0.3 is 0 Å². The first-order valence-corrected chi connectivity index (χ1v) is 32.2. The third-order valence-electron chi connectivity index (χ3n) is 15.4. The Morgan fingerprint density at radius 1 is 0.463 bits per heavy atom. The number of amides is 1. The fourth-order valence-electron chi connectivity index (χ4n) is 10.3. The summed E-state index contributed by atoms with van der Waals surface area (Å²) < 4.78 is 22.8. The summed E-state index contributed by atoms with van der Waals surface area (Å²) in [5.74, 6) is -0.244. The molecular weight excluding hydrogens is 1010 g/mol. The number of allylic oxidation sites excluding steroid dienone is 11. The van der Waals surface area contributed by atoms with E-state index in [9.17, 15) is 45.6 Å². The lowest BCUT2D eigenvalue weighted by atomic mass is 9.97. The van der Waals surface area contributed by atoms with E-state index in [0.717, 1.165) is 77.0 Å². The summed E-state index contributed by atoms with van der Waals surface area (Å²) in [6, 6.07) is -0.920. The van der Waals surface area contributed by atoms with Gasteiger partial charge in [-0.2, -0.15) is 0 Å². The molecule has 2 heterocycles. The molecule has 9 N–H and O–H groups in total. The molecule has 0 bridgehead atoms. The summed E-state index contributed by atoms with van der Waals surface area (Å²) in [5, 5.41) is 87.3. The molecule has 2 saturated heterocycles. The van der Waals surface area contributed by atoms with E-state index in [4.69, 9.17) is 18.9 Å². The van der Waals surface area contributed by atoms with Crippen molar-refractivity contribution in [3.63, 3.8) is 0 Å². The smallest absolute Gasteiger partial charge is 0.220 e. The summed E-state index contributed by atoms with van der Waals surface area (Å²) in [7, 11) is 0. The standard InChI is InChI=1S/C66H117NO13/c1-3-5-7-9-11-13-15-17-19-21-23-24-25-26-27-28-29-30-32-34-36-38-40-42-44-46-48-50-58(71)67-54(55(70)49-47-45-43-41-39-37-35-33-31-22-20-18-16-14-12-10-8-6-4-2)53-77-65-63(76)61(74)64(57(52-69)79-65)80-66-62(75)60(73)59(72)56(51-68)78-66/h5,7,11,13,17,19,23-24,26-27,47,49,54-57,59-66,68-70,72-76H,3-4,6,8-10,12,14-16,18,20-22,25,28-46,48,50-53H2,1-2H3,(H,67,71)/b7-5-,13-11-,19-17-,24-23-,27-26-,49-47+. The van der Waals surface area contributed by atoms with Gasteiger partial charge in [-0.15, -0.1) is 0 Å². The second kappa shape index (κ2) is 50.9. The molecule has 2 aliphatic rings. The Morgan fingerprint density at radius 2 is 0.863 bits per heavy atom. The second-order valence-corrected chi connectivity index (χ2v) is 22.5. The molecule has 1 amide bonds. The fraction of sp³-hybridized carbons (Fsp3) is 0.803. The van der Waals surface area contributed by atoms with Crippen molar-refractivity contribution in [1.82, 2.24) is 5.32 Å². The molecule has 14 heteroatoms. The molecule has 464 valence electrons. The molecule has 14 nitrogen and oxygen atoms in total. The van der Waals surface area contributed by atoms with Gasteiger partial charge < -0.3 is 65.1 Å². The highest BCUT2D eigenvalue weighted by atomic mass is 16.7. The summed E-state index contributed by atoms with van der Waals surface area (Å²) in [6.07, 6.45) is 50.7. The van der Waals surface area contributed by atoms with Crippen LogP contribution in [0.25, 0.3) is 0 Å². The summed E-state index contributed by atoms with van der Waals surface area (Å²) in [5.41, 5.74) is 0. The van der Waals surface area contributed by atoms with Crippen LogP contribution in [0, 0.1) is 0 Å². The number of hydrogen-bond donors (Lipinski definition) is 9. The van der Waals surface area contributed by atoms with E-state index >= 15 is 0 Å². The predicted octanol–water partition coefficient (Wildman–Crippen LogP) is 11.9. The number of nitrogens with one attached hydrogen (secondary N) is 1. The van der Waals surface area contributed by atoms with Crippen molar-refractivity contribution in [1.29, 1.82) is 0 Å². The summed E-state index contributed by atoms with van der Waals surface area (Å²) >= 11 is 0. The van der Waals surface area contributed by atoms with Crippen LogP contribution in [-0.2, 0) is 23.7 Å². The van der Waals surface area contributed by atoms with E-state index in [2.05, 4.69) is 79.9 Å². The number of aliphatic hydroxyl groups excluding tert-OH is 8. The molecule has 0 aliphatic carbocycles. The van der Waals surface area contributed by atoms with Crippen molar-refractivity contribution in [2.45, 2.75) is 319 Å². The molecule has 0 radical (unpaired) electrons. The van der Waals surface area contributed by atoms with Gasteiger partial charge in [-0.25, -0.2) is 0 Å². The van der Waals surface area contributed by atoms with Crippen molar-refractivity contribution >= 4 is 5.91 Å². The van der Waals surface area contributed by atoms with Crippen LogP contribution >= 0.6 is 0 Å². The second-order valence-electron chi connectivity index (χ2n) is 22.5. The van der Waals surface area contributed by atoms with Gasteiger partial charge in [0, 0.05) is 6.42 Å². The minimum Gasteiger partial charge on any atom is -0.394 e. The molecule has 0 spiro atoms. The lowest BCUT2D eigenvalue weighted by molar-refractivity contribution is -0.359. The molecule has 12 unspecified atom stereocenters. The maximum absolute atomic E-state index is 13.3. The average Bonchev–Trinajstić information content (AvgIpc) is 3.49. The molecule has 0 aromatic rings. The van der Waals surface area contributed by atoms with Gasteiger partial charge in [-0.05, 0) is 64.2 Å². The highest BCUT2D eigenvalue weighted by Crippen LogP contribution is 2.30. The Balaban J connectivity index is 1.72. The maximum Gasteiger partial charge on any atom is 0.220 e. The number of hydrogen-bond acceptors (Lipinski definition) is 13. The zero-order chi connectivity index (χ0) is 58.1. The van der Waals surface area contributed by atoms with Crippen LogP contribution in [0.15, 0.2) is 72.9 Å². The van der Waals surface area contributed by atoms with Gasteiger partial charge in [0.25, 0.3) is 0 Å². The van der Waals surface area contributed by atoms with Crippen LogP contribution in [-0.4, -0.2) is 140 Å². The lowest BCUT2D eigenvalue weighted by Gasteiger charge is -2.46. The number of ether oxygens (including phenoxy) is 4. The van der Waals surface area contributed by atoms with Crippen molar-refractivity contribution in [2.75, 3.05) is 19.8 Å². The monoisotopic (exact) mass is 1130 g/mol. The van der Waals surface area contributed by atoms with Gasteiger partial charge in [0.1, 0.15) is 48.8 Å². The van der Waals surface area contributed by atoms with Crippen LogP contribution in [0.5, 0.6) is 0 Å². The van der Waals surface area contributed by atoms with Crippen LogP contribution in [0.3, 0.4) is 0 Å². The molecule has 0 saturated carbocycles. The van der Waals surface area contributed by atoms with E-state index < -0.39 is 86.8 Å². The Hall–Kier alpha value is -2.57. The van der Waals surface area contributed by atoms with Crippen LogP contribution in [0.4, 0.5) is 0 Å². The van der Waals surface area contributed by atoms with Gasteiger partial charge in [0.2, 0.25) is 5.91 Å². The molecule has 12 atom stereocenters. The van der Waals surface area contributed by atoms with Crippen molar-refractivity contribution in [3.05, 3.63) is 72.9 Å². The highest BCUT2D eigenvalue weighted by Gasteiger charge is 2.51. The first-order chi connectivity index (χ1) is 39.1. The maximum atomic E-state index is 13.3. The van der Waals surface area contributed by atoms with Gasteiger partial charge in [-0.3, -0.25) is 4.79 Å². The van der Waals surface area contributed by atoms with E-state index in [0.29, 0.717) is 6.42 Å². The van der Waals surface area contributed by atoms with Crippen molar-refractivity contribution in [3.8, 4) is 0 Å². The lowest BCUT2D eigenvalue weighted by Crippen LogP contribution is -2.65. The highest BCUT2D eigenvalue weighted by molar-refractivity contribution is 5.76. The molecule has 80 heavy (non-hydrogen) atoms. The SMILES string of the molecule is CC/C=C\C/C=C\C/C=C\C/C=C\C/C=C\CCCCCCCCCCCCCC(=O)NC(COC1OC(CO)C(OC2OC(CO)C(O)C(O)C2O)C(O)C1O)C(O)/C=C/CCCCCCCCCCCCCCCCCCC. The minimum atomic E-state index is -1.79. The number of carbonyl (C=O) groups excluding carboxylic acids is 1. The van der Waals surface area contributed by atoms with Crippen LogP contribution < -0.4 is 5.32 Å². The first-order valence-electron chi connectivity index (χ1n) is 32.2. The Morgan fingerprint density at radius 3 is 1.32 bits per heavy atom. The van der Waals surface area contributed by atoms with Gasteiger partial charge in [0.05, 0.1) is 32.0 Å². The van der Waals surface area contributed by atoms with Crippen molar-refractivity contribution < 1.29 is 64.6 Å². The molecule has 2 fully saturated rings. The molecule has 2 aliphatic heterocycles. The molecule has 0 aromatic carbocycles. The normalized spacial score (nSPS) is 24.7. The summed E-state index contributed by atoms with van der Waals surface area (Å²) in [6.45, 7) is 2.70. The average molecular weight is 1130 g/mol. The zero-order valence-electron chi connectivity index (χ0n) is 50.1.